The quantitative estimate of drug-likeness (QED) is 0.618. The van der Waals surface area contributed by atoms with Crippen molar-refractivity contribution >= 4 is 12.0 Å². The summed E-state index contributed by atoms with van der Waals surface area (Å²) < 4.78 is 5.54. The summed E-state index contributed by atoms with van der Waals surface area (Å²) in [6.45, 7) is 5.88. The molecule has 2 amide bonds. The Kier molecular flexibility index (Phi) is 3.03. The number of nitrogens with zero attached hydrogens (tertiary/aromatic N) is 1. The van der Waals surface area contributed by atoms with Crippen LogP contribution >= 0.6 is 0 Å². The van der Waals surface area contributed by atoms with E-state index in [0.717, 1.165) is 12.0 Å². The second-order valence-corrected chi connectivity index (χ2v) is 7.63. The Morgan fingerprint density at radius 1 is 1.35 bits per heavy atom. The lowest BCUT2D eigenvalue weighted by Crippen LogP contribution is -2.43. The molecule has 0 radical (unpaired) electrons. The fraction of sp³-hybridized carbons (Fsp3) is 0.526. The molecule has 4 nitrogen and oxygen atoms in total. The fourth-order valence-corrected chi connectivity index (χ4v) is 4.72. The molecule has 4 heteroatoms. The Bertz CT molecular complexity index is 673. The highest BCUT2D eigenvalue weighted by molar-refractivity contribution is 5.96. The number of imide groups is 1. The van der Waals surface area contributed by atoms with Crippen LogP contribution in [-0.4, -0.2) is 22.5 Å². The van der Waals surface area contributed by atoms with Gasteiger partial charge in [0.15, 0.2) is 0 Å². The molecule has 1 heterocycles. The van der Waals surface area contributed by atoms with Gasteiger partial charge in [-0.1, -0.05) is 19.1 Å². The Balaban J connectivity index is 1.70. The number of rotatable bonds is 2. The summed E-state index contributed by atoms with van der Waals surface area (Å²) in [5, 5.41) is 0. The Morgan fingerprint density at radius 2 is 2.09 bits per heavy atom. The summed E-state index contributed by atoms with van der Waals surface area (Å²) in [7, 11) is 0. The largest absolute Gasteiger partial charge is 0.441 e. The first kappa shape index (κ1) is 14.6. The summed E-state index contributed by atoms with van der Waals surface area (Å²) in [4.78, 5) is 27.1. The van der Waals surface area contributed by atoms with Crippen LogP contribution in [0, 0.1) is 23.7 Å². The first-order valence-corrected chi connectivity index (χ1v) is 8.36. The highest BCUT2D eigenvalue weighted by Crippen LogP contribution is 2.50. The van der Waals surface area contributed by atoms with Crippen LogP contribution in [0.4, 0.5) is 4.79 Å². The first-order valence-electron chi connectivity index (χ1n) is 8.36. The van der Waals surface area contributed by atoms with E-state index in [9.17, 15) is 9.59 Å². The first-order chi connectivity index (χ1) is 10.9. The molecular formula is C19H22NO3-. The van der Waals surface area contributed by atoms with Crippen molar-refractivity contribution in [2.75, 3.05) is 0 Å². The number of hydrogen-bond acceptors (Lipinski definition) is 3. The highest BCUT2D eigenvalue weighted by Gasteiger charge is 2.55. The van der Waals surface area contributed by atoms with Crippen molar-refractivity contribution in [3.05, 3.63) is 42.0 Å². The van der Waals surface area contributed by atoms with Crippen LogP contribution in [0.2, 0.25) is 0 Å². The number of carbonyl (C=O) groups excluding carboxylic acids is 2. The van der Waals surface area contributed by atoms with Gasteiger partial charge < -0.3 is 4.74 Å². The van der Waals surface area contributed by atoms with Gasteiger partial charge in [0.2, 0.25) is 5.91 Å². The number of carbonyl (C=O) groups is 2. The average Bonchev–Trinajstić information content (AvgIpc) is 3.21. The molecule has 4 rings (SSSR count). The average molecular weight is 312 g/mol. The molecule has 0 N–H and O–H groups in total. The predicted octanol–water partition coefficient (Wildman–Crippen LogP) is 3.66. The van der Waals surface area contributed by atoms with Crippen LogP contribution in [0.5, 0.6) is 0 Å². The van der Waals surface area contributed by atoms with Crippen LogP contribution in [0.15, 0.2) is 36.4 Å². The molecule has 5 atom stereocenters. The van der Waals surface area contributed by atoms with Crippen LogP contribution in [0.3, 0.4) is 0 Å². The van der Waals surface area contributed by atoms with Gasteiger partial charge in [0.25, 0.3) is 0 Å². The van der Waals surface area contributed by atoms with Crippen molar-refractivity contribution in [2.45, 2.75) is 38.8 Å². The van der Waals surface area contributed by atoms with Gasteiger partial charge in [0.05, 0.1) is 6.04 Å². The van der Waals surface area contributed by atoms with Gasteiger partial charge in [-0.3, -0.25) is 4.79 Å². The van der Waals surface area contributed by atoms with Gasteiger partial charge in [0.1, 0.15) is 5.60 Å². The van der Waals surface area contributed by atoms with E-state index in [0.29, 0.717) is 5.92 Å². The number of ether oxygens (including phenoxy) is 1. The minimum Gasteiger partial charge on any atom is -0.441 e. The molecule has 3 aliphatic rings. The minimum atomic E-state index is -0.711. The van der Waals surface area contributed by atoms with Gasteiger partial charge in [-0.2, -0.15) is 12.1 Å². The SMILES string of the molecule is CC1C2C=CC(C2)C1C(=O)N1C(=O)OC(C)(C)[C@@H]1c1ccc[cH-]1. The standard InChI is InChI=1S/C19H22NO3/c1-11-13-8-9-14(10-13)15(11)17(21)20-16(12-6-4-5-7-12)19(2,3)23-18(20)22/h4-9,11,13-16H,10H2,1-3H3/q-1/t11?,13?,14?,15?,16-/m0/s1. The molecule has 2 bridgehead atoms. The Morgan fingerprint density at radius 3 is 2.70 bits per heavy atom. The van der Waals surface area contributed by atoms with Crippen molar-refractivity contribution in [3.63, 3.8) is 0 Å². The number of cyclic esters (lactones) is 1. The minimum absolute atomic E-state index is 0.0730. The molecule has 0 aromatic heterocycles. The van der Waals surface area contributed by atoms with E-state index in [1.165, 1.54) is 4.90 Å². The zero-order valence-corrected chi connectivity index (χ0v) is 13.7. The number of fused-ring (bicyclic) bond motifs is 2. The van der Waals surface area contributed by atoms with E-state index in [4.69, 9.17) is 4.74 Å². The number of amides is 2. The van der Waals surface area contributed by atoms with Gasteiger partial charge in [0, 0.05) is 5.92 Å². The monoisotopic (exact) mass is 312 g/mol. The normalized spacial score (nSPS) is 37.4. The second kappa shape index (κ2) is 4.76. The summed E-state index contributed by atoms with van der Waals surface area (Å²) in [6.07, 6.45) is 4.90. The Labute approximate surface area is 136 Å². The second-order valence-electron chi connectivity index (χ2n) is 7.63. The zero-order valence-electron chi connectivity index (χ0n) is 13.7. The third kappa shape index (κ3) is 2.00. The van der Waals surface area contributed by atoms with Crippen LogP contribution in [0.1, 0.15) is 38.8 Å². The third-order valence-electron chi connectivity index (χ3n) is 5.84. The molecule has 1 aliphatic heterocycles. The van der Waals surface area contributed by atoms with E-state index in [2.05, 4.69) is 19.1 Å². The molecular weight excluding hydrogens is 290 g/mol. The molecule has 1 aromatic rings. The van der Waals surface area contributed by atoms with Gasteiger partial charge >= 0.3 is 6.09 Å². The third-order valence-corrected chi connectivity index (χ3v) is 5.84. The van der Waals surface area contributed by atoms with Crippen molar-refractivity contribution in [3.8, 4) is 0 Å². The molecule has 1 saturated heterocycles. The van der Waals surface area contributed by atoms with E-state index in [1.807, 2.05) is 38.1 Å². The molecule has 1 aromatic carbocycles. The van der Waals surface area contributed by atoms with Gasteiger partial charge in [-0.25, -0.2) is 21.8 Å². The lowest BCUT2D eigenvalue weighted by atomic mass is 9.82. The maximum Gasteiger partial charge on any atom is 0.417 e. The summed E-state index contributed by atoms with van der Waals surface area (Å²) in [6, 6.07) is 7.42. The lowest BCUT2D eigenvalue weighted by Gasteiger charge is -2.33. The van der Waals surface area contributed by atoms with Crippen molar-refractivity contribution in [2.24, 2.45) is 23.7 Å². The molecule has 2 aliphatic carbocycles. The van der Waals surface area contributed by atoms with E-state index < -0.39 is 11.7 Å². The van der Waals surface area contributed by atoms with Crippen molar-refractivity contribution < 1.29 is 14.3 Å². The smallest absolute Gasteiger partial charge is 0.417 e. The zero-order chi connectivity index (χ0) is 16.4. The van der Waals surface area contributed by atoms with Gasteiger partial charge in [-0.15, -0.1) is 5.56 Å². The summed E-state index contributed by atoms with van der Waals surface area (Å²) in [5.41, 5.74) is 0.248. The van der Waals surface area contributed by atoms with Crippen LogP contribution in [-0.2, 0) is 9.53 Å². The predicted molar refractivity (Wildman–Crippen MR) is 85.6 cm³/mol. The topological polar surface area (TPSA) is 46.6 Å². The number of allylic oxidation sites excluding steroid dienone is 2. The molecule has 0 spiro atoms. The number of hydrogen-bond donors (Lipinski definition) is 0. The molecule has 23 heavy (non-hydrogen) atoms. The molecule has 4 unspecified atom stereocenters. The maximum absolute atomic E-state index is 13.2. The van der Waals surface area contributed by atoms with Crippen molar-refractivity contribution in [1.82, 2.24) is 4.90 Å². The van der Waals surface area contributed by atoms with Gasteiger partial charge in [-0.05, 0) is 38.0 Å². The summed E-state index contributed by atoms with van der Waals surface area (Å²) in [5.74, 6) is 0.839. The highest BCUT2D eigenvalue weighted by atomic mass is 16.6. The van der Waals surface area contributed by atoms with Crippen LogP contribution < -0.4 is 0 Å². The maximum atomic E-state index is 13.2. The van der Waals surface area contributed by atoms with E-state index >= 15 is 0 Å². The van der Waals surface area contributed by atoms with E-state index in [-0.39, 0.29) is 29.7 Å². The fourth-order valence-electron chi connectivity index (χ4n) is 4.72. The lowest BCUT2D eigenvalue weighted by molar-refractivity contribution is -0.136. The summed E-state index contributed by atoms with van der Waals surface area (Å²) >= 11 is 0. The molecule has 1 saturated carbocycles. The van der Waals surface area contributed by atoms with Crippen molar-refractivity contribution in [1.29, 1.82) is 0 Å². The van der Waals surface area contributed by atoms with Crippen LogP contribution in [0.25, 0.3) is 0 Å². The molecule has 122 valence electrons. The Hall–Kier alpha value is -1.97. The van der Waals surface area contributed by atoms with E-state index in [1.54, 1.807) is 0 Å². The molecule has 2 fully saturated rings.